The molecule has 0 bridgehead atoms. The summed E-state index contributed by atoms with van der Waals surface area (Å²) in [5.74, 6) is -0.219. The number of hydrogen-bond acceptors (Lipinski definition) is 4. The first-order valence-corrected chi connectivity index (χ1v) is 8.23. The fourth-order valence-corrected chi connectivity index (χ4v) is 2.95. The number of likely N-dealkylation sites (tertiary alicyclic amines) is 1. The number of hydrogen-bond donors (Lipinski definition) is 1. The number of carbonyl (C=O) groups is 2. The number of carbonyl (C=O) groups excluding carboxylic acids is 2. The predicted molar refractivity (Wildman–Crippen MR) is 88.3 cm³/mol. The molecule has 3 rings (SSSR count). The summed E-state index contributed by atoms with van der Waals surface area (Å²) in [5, 5.41) is 2.96. The van der Waals surface area contributed by atoms with Crippen LogP contribution < -0.4 is 5.32 Å². The normalized spacial score (nSPS) is 17.5. The highest BCUT2D eigenvalue weighted by Crippen LogP contribution is 2.19. The van der Waals surface area contributed by atoms with Crippen molar-refractivity contribution in [2.75, 3.05) is 19.6 Å². The number of rotatable bonds is 5. The lowest BCUT2D eigenvalue weighted by Gasteiger charge is -2.31. The first-order chi connectivity index (χ1) is 11.7. The minimum atomic E-state index is -0.154. The number of piperidine rings is 1. The van der Waals surface area contributed by atoms with Crippen LogP contribution in [-0.4, -0.2) is 41.3 Å². The molecule has 1 N–H and O–H groups in total. The van der Waals surface area contributed by atoms with Crippen LogP contribution in [0.1, 0.15) is 28.9 Å². The third kappa shape index (κ3) is 4.01. The molecule has 126 valence electrons. The Labute approximate surface area is 140 Å². The quantitative estimate of drug-likeness (QED) is 0.910. The van der Waals surface area contributed by atoms with Gasteiger partial charge in [-0.2, -0.15) is 0 Å². The number of pyridine rings is 1. The van der Waals surface area contributed by atoms with Crippen molar-refractivity contribution in [3.05, 3.63) is 54.2 Å². The molecule has 6 heteroatoms. The lowest BCUT2D eigenvalue weighted by atomic mass is 9.96. The lowest BCUT2D eigenvalue weighted by Crippen LogP contribution is -2.45. The molecule has 1 aliphatic rings. The SMILES string of the molecule is O=C(NCCc1ccccn1)C1CCCN(C(=O)c2ccoc2)C1. The van der Waals surface area contributed by atoms with Crippen LogP contribution >= 0.6 is 0 Å². The zero-order valence-electron chi connectivity index (χ0n) is 13.5. The highest BCUT2D eigenvalue weighted by Gasteiger charge is 2.29. The fraction of sp³-hybridized carbons (Fsp3) is 0.389. The van der Waals surface area contributed by atoms with Crippen LogP contribution in [0.2, 0.25) is 0 Å². The number of nitrogens with one attached hydrogen (secondary N) is 1. The number of nitrogens with zero attached hydrogens (tertiary/aromatic N) is 2. The Kier molecular flexibility index (Phi) is 5.25. The van der Waals surface area contributed by atoms with Gasteiger partial charge in [0.1, 0.15) is 6.26 Å². The second-order valence-corrected chi connectivity index (χ2v) is 5.96. The van der Waals surface area contributed by atoms with Gasteiger partial charge in [-0.05, 0) is 31.0 Å². The predicted octanol–water partition coefficient (Wildman–Crippen LogP) is 1.89. The highest BCUT2D eigenvalue weighted by molar-refractivity contribution is 5.94. The van der Waals surface area contributed by atoms with Gasteiger partial charge >= 0.3 is 0 Å². The van der Waals surface area contributed by atoms with Gasteiger partial charge < -0.3 is 14.6 Å². The van der Waals surface area contributed by atoms with Crippen molar-refractivity contribution in [2.24, 2.45) is 5.92 Å². The average molecular weight is 327 g/mol. The van der Waals surface area contributed by atoms with E-state index in [1.165, 1.54) is 12.5 Å². The summed E-state index contributed by atoms with van der Waals surface area (Å²) in [5.41, 5.74) is 1.49. The molecule has 1 saturated heterocycles. The Morgan fingerprint density at radius 1 is 1.33 bits per heavy atom. The molecule has 0 aromatic carbocycles. The van der Waals surface area contributed by atoms with Gasteiger partial charge in [0.25, 0.3) is 5.91 Å². The molecule has 1 aliphatic heterocycles. The van der Waals surface area contributed by atoms with Crippen molar-refractivity contribution in [3.63, 3.8) is 0 Å². The average Bonchev–Trinajstić information content (AvgIpc) is 3.16. The Morgan fingerprint density at radius 2 is 2.25 bits per heavy atom. The van der Waals surface area contributed by atoms with E-state index in [4.69, 9.17) is 4.42 Å². The van der Waals surface area contributed by atoms with Crippen LogP contribution in [0.25, 0.3) is 0 Å². The molecule has 0 radical (unpaired) electrons. The van der Waals surface area contributed by atoms with Gasteiger partial charge in [0.05, 0.1) is 17.7 Å². The van der Waals surface area contributed by atoms with Crippen molar-refractivity contribution in [1.82, 2.24) is 15.2 Å². The van der Waals surface area contributed by atoms with Gasteiger partial charge in [-0.1, -0.05) is 6.07 Å². The maximum atomic E-state index is 12.4. The van der Waals surface area contributed by atoms with Crippen molar-refractivity contribution < 1.29 is 14.0 Å². The van der Waals surface area contributed by atoms with E-state index in [1.54, 1.807) is 17.2 Å². The summed E-state index contributed by atoms with van der Waals surface area (Å²) in [6.07, 6.45) is 7.03. The Balaban J connectivity index is 1.49. The largest absolute Gasteiger partial charge is 0.472 e. The minimum Gasteiger partial charge on any atom is -0.472 e. The topological polar surface area (TPSA) is 75.4 Å². The monoisotopic (exact) mass is 327 g/mol. The van der Waals surface area contributed by atoms with Gasteiger partial charge in [0, 0.05) is 37.9 Å². The van der Waals surface area contributed by atoms with E-state index in [0.717, 1.165) is 18.5 Å². The third-order valence-electron chi connectivity index (χ3n) is 4.25. The summed E-state index contributed by atoms with van der Waals surface area (Å²) in [4.78, 5) is 30.7. The molecule has 2 aromatic rings. The van der Waals surface area contributed by atoms with Crippen LogP contribution in [0, 0.1) is 5.92 Å². The first kappa shape index (κ1) is 16.2. The van der Waals surface area contributed by atoms with Crippen LogP contribution in [0.5, 0.6) is 0 Å². The van der Waals surface area contributed by atoms with E-state index in [-0.39, 0.29) is 17.7 Å². The molecule has 6 nitrogen and oxygen atoms in total. The second-order valence-electron chi connectivity index (χ2n) is 5.96. The zero-order chi connectivity index (χ0) is 16.8. The number of furan rings is 1. The van der Waals surface area contributed by atoms with Crippen molar-refractivity contribution in [2.45, 2.75) is 19.3 Å². The highest BCUT2D eigenvalue weighted by atomic mass is 16.3. The van der Waals surface area contributed by atoms with Gasteiger partial charge in [0.2, 0.25) is 5.91 Å². The Hall–Kier alpha value is -2.63. The molecule has 0 aliphatic carbocycles. The maximum absolute atomic E-state index is 12.4. The fourth-order valence-electron chi connectivity index (χ4n) is 2.95. The summed E-state index contributed by atoms with van der Waals surface area (Å²) in [6, 6.07) is 7.40. The molecule has 1 unspecified atom stereocenters. The molecule has 2 amide bonds. The van der Waals surface area contributed by atoms with Crippen molar-refractivity contribution in [3.8, 4) is 0 Å². The minimum absolute atomic E-state index is 0.00984. The molecular formula is C18H21N3O3. The molecule has 2 aromatic heterocycles. The van der Waals surface area contributed by atoms with Crippen molar-refractivity contribution >= 4 is 11.8 Å². The van der Waals surface area contributed by atoms with Gasteiger partial charge in [-0.15, -0.1) is 0 Å². The molecule has 0 spiro atoms. The van der Waals surface area contributed by atoms with Gasteiger partial charge in [-0.3, -0.25) is 14.6 Å². The molecular weight excluding hydrogens is 306 g/mol. The molecule has 0 saturated carbocycles. The molecule has 3 heterocycles. The third-order valence-corrected chi connectivity index (χ3v) is 4.25. The summed E-state index contributed by atoms with van der Waals surface area (Å²) < 4.78 is 4.96. The van der Waals surface area contributed by atoms with E-state index in [2.05, 4.69) is 10.3 Å². The summed E-state index contributed by atoms with van der Waals surface area (Å²) in [6.45, 7) is 1.70. The summed E-state index contributed by atoms with van der Waals surface area (Å²) in [7, 11) is 0. The lowest BCUT2D eigenvalue weighted by molar-refractivity contribution is -0.126. The van der Waals surface area contributed by atoms with E-state index >= 15 is 0 Å². The smallest absolute Gasteiger partial charge is 0.257 e. The molecule has 1 atom stereocenters. The summed E-state index contributed by atoms with van der Waals surface area (Å²) >= 11 is 0. The molecule has 24 heavy (non-hydrogen) atoms. The molecule has 1 fully saturated rings. The van der Waals surface area contributed by atoms with E-state index in [9.17, 15) is 9.59 Å². The van der Waals surface area contributed by atoms with Crippen LogP contribution in [-0.2, 0) is 11.2 Å². The van der Waals surface area contributed by atoms with Gasteiger partial charge in [0.15, 0.2) is 0 Å². The standard InChI is InChI=1S/C18H21N3O3/c22-17(20-9-6-16-5-1-2-8-19-16)14-4-3-10-21(12-14)18(23)15-7-11-24-13-15/h1-2,5,7-8,11,13-14H,3-4,6,9-10,12H2,(H,20,22). The van der Waals surface area contributed by atoms with Crippen molar-refractivity contribution in [1.29, 1.82) is 0 Å². The van der Waals surface area contributed by atoms with Crippen LogP contribution in [0.3, 0.4) is 0 Å². The number of aromatic nitrogens is 1. The number of amides is 2. The Bertz CT molecular complexity index is 670. The first-order valence-electron chi connectivity index (χ1n) is 8.23. The Morgan fingerprint density at radius 3 is 3.00 bits per heavy atom. The van der Waals surface area contributed by atoms with Crippen LogP contribution in [0.15, 0.2) is 47.4 Å². The van der Waals surface area contributed by atoms with E-state index in [1.807, 2.05) is 18.2 Å². The van der Waals surface area contributed by atoms with E-state index in [0.29, 0.717) is 31.6 Å². The second kappa shape index (κ2) is 7.77. The van der Waals surface area contributed by atoms with E-state index < -0.39 is 0 Å². The van der Waals surface area contributed by atoms with Gasteiger partial charge in [-0.25, -0.2) is 0 Å². The van der Waals surface area contributed by atoms with Crippen LogP contribution in [0.4, 0.5) is 0 Å². The maximum Gasteiger partial charge on any atom is 0.257 e. The zero-order valence-corrected chi connectivity index (χ0v) is 13.5.